The van der Waals surface area contributed by atoms with Gasteiger partial charge in [-0.15, -0.1) is 0 Å². The predicted molar refractivity (Wildman–Crippen MR) is 86.4 cm³/mol. The zero-order valence-corrected chi connectivity index (χ0v) is 13.0. The Kier molecular flexibility index (Phi) is 4.63. The minimum atomic E-state index is 0.0244. The lowest BCUT2D eigenvalue weighted by molar-refractivity contribution is 0.103. The average molecular weight is 283 g/mol. The number of carbonyl (C=O) groups excluding carboxylic acids is 1. The van der Waals surface area contributed by atoms with Gasteiger partial charge in [0, 0.05) is 30.9 Å². The van der Waals surface area contributed by atoms with Crippen LogP contribution >= 0.6 is 0 Å². The summed E-state index contributed by atoms with van der Waals surface area (Å²) in [5, 5.41) is 0. The number of ether oxygens (including phenoxy) is 1. The number of hydrogen-bond acceptors (Lipinski definition) is 3. The summed E-state index contributed by atoms with van der Waals surface area (Å²) in [6, 6.07) is 14.9. The van der Waals surface area contributed by atoms with Gasteiger partial charge in [0.05, 0.1) is 6.10 Å². The van der Waals surface area contributed by atoms with Crippen molar-refractivity contribution in [1.82, 2.24) is 0 Å². The van der Waals surface area contributed by atoms with Crippen LogP contribution in [0.5, 0.6) is 5.75 Å². The first kappa shape index (κ1) is 15.1. The molecular weight excluding hydrogens is 262 g/mol. The van der Waals surface area contributed by atoms with Crippen molar-refractivity contribution in [3.05, 3.63) is 59.7 Å². The highest BCUT2D eigenvalue weighted by molar-refractivity contribution is 6.09. The molecule has 2 rings (SSSR count). The van der Waals surface area contributed by atoms with E-state index < -0.39 is 0 Å². The number of rotatable bonds is 5. The topological polar surface area (TPSA) is 29.5 Å². The Morgan fingerprint density at radius 1 is 0.905 bits per heavy atom. The summed E-state index contributed by atoms with van der Waals surface area (Å²) >= 11 is 0. The molecule has 0 bridgehead atoms. The van der Waals surface area contributed by atoms with Crippen molar-refractivity contribution in [3.8, 4) is 5.75 Å². The van der Waals surface area contributed by atoms with E-state index in [1.165, 1.54) is 0 Å². The molecule has 3 heteroatoms. The molecule has 0 fully saturated rings. The first-order valence-electron chi connectivity index (χ1n) is 7.06. The van der Waals surface area contributed by atoms with Crippen LogP contribution in [0.4, 0.5) is 5.69 Å². The quantitative estimate of drug-likeness (QED) is 0.782. The van der Waals surface area contributed by atoms with Gasteiger partial charge in [0.15, 0.2) is 5.78 Å². The minimum absolute atomic E-state index is 0.0244. The maximum atomic E-state index is 12.4. The van der Waals surface area contributed by atoms with Crippen molar-refractivity contribution in [3.63, 3.8) is 0 Å². The van der Waals surface area contributed by atoms with Crippen molar-refractivity contribution in [2.75, 3.05) is 19.0 Å². The van der Waals surface area contributed by atoms with Crippen LogP contribution in [0.3, 0.4) is 0 Å². The Labute approximate surface area is 126 Å². The predicted octanol–water partition coefficient (Wildman–Crippen LogP) is 3.77. The third-order valence-electron chi connectivity index (χ3n) is 3.13. The summed E-state index contributed by atoms with van der Waals surface area (Å²) < 4.78 is 5.58. The zero-order chi connectivity index (χ0) is 15.4. The largest absolute Gasteiger partial charge is 0.491 e. The number of hydrogen-bond donors (Lipinski definition) is 0. The van der Waals surface area contributed by atoms with Crippen molar-refractivity contribution in [2.45, 2.75) is 20.0 Å². The van der Waals surface area contributed by atoms with Crippen LogP contribution in [0.2, 0.25) is 0 Å². The number of benzene rings is 2. The van der Waals surface area contributed by atoms with E-state index in [2.05, 4.69) is 0 Å². The lowest BCUT2D eigenvalue weighted by atomic mass is 10.0. The first-order valence-corrected chi connectivity index (χ1v) is 7.06. The van der Waals surface area contributed by atoms with Crippen molar-refractivity contribution in [1.29, 1.82) is 0 Å². The Morgan fingerprint density at radius 2 is 1.38 bits per heavy atom. The van der Waals surface area contributed by atoms with Gasteiger partial charge in [-0.05, 0) is 62.4 Å². The van der Waals surface area contributed by atoms with Crippen LogP contribution in [0, 0.1) is 0 Å². The molecule has 0 amide bonds. The van der Waals surface area contributed by atoms with Gasteiger partial charge in [-0.2, -0.15) is 0 Å². The molecule has 0 aromatic heterocycles. The molecular formula is C18H21NO2. The molecule has 0 aliphatic heterocycles. The first-order chi connectivity index (χ1) is 9.97. The summed E-state index contributed by atoms with van der Waals surface area (Å²) in [5.41, 5.74) is 2.44. The molecule has 21 heavy (non-hydrogen) atoms. The van der Waals surface area contributed by atoms with E-state index in [9.17, 15) is 4.79 Å². The Morgan fingerprint density at radius 3 is 1.81 bits per heavy atom. The van der Waals surface area contributed by atoms with Crippen LogP contribution in [0.15, 0.2) is 48.5 Å². The van der Waals surface area contributed by atoms with E-state index in [4.69, 9.17) is 4.74 Å². The number of nitrogens with zero attached hydrogens (tertiary/aromatic N) is 1. The molecule has 0 radical (unpaired) electrons. The summed E-state index contributed by atoms with van der Waals surface area (Å²) in [4.78, 5) is 14.4. The molecule has 0 heterocycles. The van der Waals surface area contributed by atoms with Gasteiger partial charge in [-0.1, -0.05) is 0 Å². The summed E-state index contributed by atoms with van der Waals surface area (Å²) in [6.45, 7) is 3.96. The molecule has 0 aliphatic rings. The summed E-state index contributed by atoms with van der Waals surface area (Å²) in [7, 11) is 3.95. The van der Waals surface area contributed by atoms with Crippen LogP contribution in [-0.2, 0) is 0 Å². The Bertz CT molecular complexity index is 598. The van der Waals surface area contributed by atoms with Crippen LogP contribution in [0.1, 0.15) is 29.8 Å². The Hall–Kier alpha value is -2.29. The van der Waals surface area contributed by atoms with Gasteiger partial charge in [-0.3, -0.25) is 4.79 Å². The van der Waals surface area contributed by atoms with Gasteiger partial charge in [-0.25, -0.2) is 0 Å². The molecule has 2 aromatic carbocycles. The third kappa shape index (κ3) is 3.85. The number of anilines is 1. The summed E-state index contributed by atoms with van der Waals surface area (Å²) in [5.74, 6) is 0.806. The van der Waals surface area contributed by atoms with E-state index in [0.29, 0.717) is 11.1 Å². The molecule has 110 valence electrons. The maximum absolute atomic E-state index is 12.4. The highest BCUT2D eigenvalue weighted by Crippen LogP contribution is 2.18. The van der Waals surface area contributed by atoms with E-state index in [1.807, 2.05) is 69.2 Å². The molecule has 0 saturated heterocycles. The normalized spacial score (nSPS) is 10.5. The number of ketones is 1. The van der Waals surface area contributed by atoms with Gasteiger partial charge in [0.25, 0.3) is 0 Å². The number of carbonyl (C=O) groups is 1. The fourth-order valence-corrected chi connectivity index (χ4v) is 2.03. The Balaban J connectivity index is 2.15. The van der Waals surface area contributed by atoms with Crippen molar-refractivity contribution < 1.29 is 9.53 Å². The highest BCUT2D eigenvalue weighted by atomic mass is 16.5. The van der Waals surface area contributed by atoms with Crippen LogP contribution in [0.25, 0.3) is 0 Å². The van der Waals surface area contributed by atoms with Gasteiger partial charge in [0.2, 0.25) is 0 Å². The van der Waals surface area contributed by atoms with Crippen molar-refractivity contribution >= 4 is 11.5 Å². The second-order valence-electron chi connectivity index (χ2n) is 5.46. The van der Waals surface area contributed by atoms with E-state index in [-0.39, 0.29) is 11.9 Å². The fraction of sp³-hybridized carbons (Fsp3) is 0.278. The molecule has 0 aliphatic carbocycles. The minimum Gasteiger partial charge on any atom is -0.491 e. The van der Waals surface area contributed by atoms with Crippen LogP contribution in [-0.4, -0.2) is 26.0 Å². The summed E-state index contributed by atoms with van der Waals surface area (Å²) in [6.07, 6.45) is 0.130. The van der Waals surface area contributed by atoms with Crippen molar-refractivity contribution in [2.24, 2.45) is 0 Å². The van der Waals surface area contributed by atoms with Gasteiger partial charge in [0.1, 0.15) is 5.75 Å². The molecule has 2 aromatic rings. The smallest absolute Gasteiger partial charge is 0.193 e. The lowest BCUT2D eigenvalue weighted by Gasteiger charge is -2.12. The lowest BCUT2D eigenvalue weighted by Crippen LogP contribution is -2.09. The maximum Gasteiger partial charge on any atom is 0.193 e. The molecule has 0 atom stereocenters. The van der Waals surface area contributed by atoms with E-state index in [0.717, 1.165) is 11.4 Å². The SMILES string of the molecule is CC(C)Oc1ccc(C(=O)c2ccc(N(C)C)cc2)cc1. The van der Waals surface area contributed by atoms with E-state index >= 15 is 0 Å². The molecule has 0 saturated carbocycles. The third-order valence-corrected chi connectivity index (χ3v) is 3.13. The van der Waals surface area contributed by atoms with Crippen LogP contribution < -0.4 is 9.64 Å². The van der Waals surface area contributed by atoms with E-state index in [1.54, 1.807) is 12.1 Å². The average Bonchev–Trinajstić information content (AvgIpc) is 2.47. The molecule has 0 unspecified atom stereocenters. The monoisotopic (exact) mass is 283 g/mol. The second kappa shape index (κ2) is 6.44. The molecule has 0 N–H and O–H groups in total. The standard InChI is InChI=1S/C18H21NO2/c1-13(2)21-17-11-7-15(8-12-17)18(20)14-5-9-16(10-6-14)19(3)4/h5-13H,1-4H3. The second-order valence-corrected chi connectivity index (χ2v) is 5.46. The van der Waals surface area contributed by atoms with Gasteiger partial charge >= 0.3 is 0 Å². The molecule has 3 nitrogen and oxygen atoms in total. The highest BCUT2D eigenvalue weighted by Gasteiger charge is 2.09. The zero-order valence-electron chi connectivity index (χ0n) is 13.0. The van der Waals surface area contributed by atoms with Gasteiger partial charge < -0.3 is 9.64 Å². The molecule has 0 spiro atoms. The fourth-order valence-electron chi connectivity index (χ4n) is 2.03.